The number of benzene rings is 2. The maximum absolute atomic E-state index is 12.7. The van der Waals surface area contributed by atoms with Crippen LogP contribution in [0.25, 0.3) is 0 Å². The molecule has 0 aromatic heterocycles. The fourth-order valence-electron chi connectivity index (χ4n) is 2.96. The van der Waals surface area contributed by atoms with Crippen molar-refractivity contribution < 1.29 is 27.5 Å². The van der Waals surface area contributed by atoms with Crippen molar-refractivity contribution in [2.45, 2.75) is 24.3 Å². The van der Waals surface area contributed by atoms with E-state index >= 15 is 0 Å². The van der Waals surface area contributed by atoms with Gasteiger partial charge < -0.3 is 10.1 Å². The monoisotopic (exact) mass is 465 g/mol. The quantitative estimate of drug-likeness (QED) is 0.602. The molecule has 31 heavy (non-hydrogen) atoms. The number of fused-ring (bicyclic) bond motifs is 1. The molecule has 0 fully saturated rings. The van der Waals surface area contributed by atoms with Gasteiger partial charge in [0.15, 0.2) is 6.10 Å². The number of anilines is 2. The van der Waals surface area contributed by atoms with E-state index in [9.17, 15) is 22.8 Å². The highest BCUT2D eigenvalue weighted by Crippen LogP contribution is 2.29. The molecule has 1 aliphatic rings. The van der Waals surface area contributed by atoms with E-state index in [4.69, 9.17) is 16.3 Å². The van der Waals surface area contributed by atoms with E-state index < -0.39 is 28.0 Å². The van der Waals surface area contributed by atoms with Gasteiger partial charge in [-0.2, -0.15) is 0 Å². The second-order valence-corrected chi connectivity index (χ2v) is 8.93. The van der Waals surface area contributed by atoms with Gasteiger partial charge in [-0.1, -0.05) is 29.8 Å². The summed E-state index contributed by atoms with van der Waals surface area (Å²) in [6.45, 7) is 0.978. The van der Waals surface area contributed by atoms with Crippen LogP contribution < -0.4 is 14.9 Å². The van der Waals surface area contributed by atoms with E-state index in [0.717, 1.165) is 0 Å². The number of rotatable bonds is 7. The van der Waals surface area contributed by atoms with Crippen LogP contribution in [0.15, 0.2) is 53.4 Å². The van der Waals surface area contributed by atoms with Gasteiger partial charge in [-0.15, -0.1) is 0 Å². The van der Waals surface area contributed by atoms with E-state index in [0.29, 0.717) is 11.4 Å². The van der Waals surface area contributed by atoms with Crippen molar-refractivity contribution in [2.24, 2.45) is 0 Å². The molecule has 2 N–H and O–H groups in total. The summed E-state index contributed by atoms with van der Waals surface area (Å²) in [5.74, 6) is -1.68. The number of hydrogen-bond donors (Lipinski definition) is 2. The van der Waals surface area contributed by atoms with Crippen LogP contribution in [0.3, 0.4) is 0 Å². The minimum Gasteiger partial charge on any atom is -0.452 e. The van der Waals surface area contributed by atoms with Gasteiger partial charge in [0.2, 0.25) is 15.9 Å². The number of amides is 2. The first-order valence-corrected chi connectivity index (χ1v) is 11.2. The van der Waals surface area contributed by atoms with Crippen LogP contribution in [0, 0.1) is 0 Å². The third kappa shape index (κ3) is 5.60. The molecule has 1 aliphatic heterocycles. The molecule has 9 nitrogen and oxygen atoms in total. The molecular weight excluding hydrogens is 446 g/mol. The molecule has 0 unspecified atom stereocenters. The Labute approximate surface area is 184 Å². The van der Waals surface area contributed by atoms with Gasteiger partial charge in [-0.3, -0.25) is 19.3 Å². The summed E-state index contributed by atoms with van der Waals surface area (Å²) in [4.78, 5) is 37.9. The lowest BCUT2D eigenvalue weighted by atomic mass is 10.1. The number of carbonyl (C=O) groups excluding carboxylic acids is 3. The van der Waals surface area contributed by atoms with Crippen molar-refractivity contribution in [3.63, 3.8) is 0 Å². The van der Waals surface area contributed by atoms with Gasteiger partial charge in [0.25, 0.3) is 5.91 Å². The number of ether oxygens (including phenoxy) is 1. The molecule has 0 spiro atoms. The summed E-state index contributed by atoms with van der Waals surface area (Å²) in [6, 6.07) is 12.5. The minimum absolute atomic E-state index is 0.0287. The van der Waals surface area contributed by atoms with Crippen molar-refractivity contribution in [2.75, 3.05) is 23.3 Å². The predicted octanol–water partition coefficient (Wildman–Crippen LogP) is 1.93. The fourth-order valence-corrected chi connectivity index (χ4v) is 4.29. The molecule has 1 heterocycles. The average Bonchev–Trinajstić information content (AvgIpc) is 2.72. The highest BCUT2D eigenvalue weighted by molar-refractivity contribution is 7.89. The number of halogens is 1. The maximum Gasteiger partial charge on any atom is 0.307 e. The summed E-state index contributed by atoms with van der Waals surface area (Å²) < 4.78 is 31.9. The Kier molecular flexibility index (Phi) is 6.94. The molecule has 2 aromatic rings. The Morgan fingerprint density at radius 1 is 1.23 bits per heavy atom. The number of esters is 1. The Bertz CT molecular complexity index is 1120. The van der Waals surface area contributed by atoms with Gasteiger partial charge in [0.05, 0.1) is 22.7 Å². The molecule has 0 saturated carbocycles. The first kappa shape index (κ1) is 22.7. The summed E-state index contributed by atoms with van der Waals surface area (Å²) in [7, 11) is -3.84. The molecule has 0 saturated heterocycles. The fraction of sp³-hybridized carbons (Fsp3) is 0.250. The molecule has 2 aromatic carbocycles. The number of sulfonamides is 1. The molecule has 3 rings (SSSR count). The van der Waals surface area contributed by atoms with E-state index in [2.05, 4.69) is 10.0 Å². The second-order valence-electron chi connectivity index (χ2n) is 6.73. The highest BCUT2D eigenvalue weighted by Gasteiger charge is 2.31. The third-order valence-corrected chi connectivity index (χ3v) is 6.11. The Morgan fingerprint density at radius 3 is 2.71 bits per heavy atom. The van der Waals surface area contributed by atoms with Crippen LogP contribution in [0.5, 0.6) is 0 Å². The van der Waals surface area contributed by atoms with Crippen LogP contribution >= 0.6 is 11.6 Å². The van der Waals surface area contributed by atoms with Crippen molar-refractivity contribution in [1.29, 1.82) is 0 Å². The molecule has 1 atom stereocenters. The first-order chi connectivity index (χ1) is 14.7. The van der Waals surface area contributed by atoms with Crippen LogP contribution in [0.4, 0.5) is 11.4 Å². The van der Waals surface area contributed by atoms with Gasteiger partial charge in [0, 0.05) is 11.6 Å². The van der Waals surface area contributed by atoms with Gasteiger partial charge in [0.1, 0.15) is 6.54 Å². The van der Waals surface area contributed by atoms with Gasteiger partial charge in [-0.05, 0) is 37.3 Å². The lowest BCUT2D eigenvalue weighted by molar-refractivity contribution is -0.153. The summed E-state index contributed by atoms with van der Waals surface area (Å²) in [5.41, 5.74) is 0.991. The van der Waals surface area contributed by atoms with Crippen LogP contribution in [-0.4, -0.2) is 45.4 Å². The number of nitrogens with one attached hydrogen (secondary N) is 2. The zero-order valence-corrected chi connectivity index (χ0v) is 18.1. The van der Waals surface area contributed by atoms with Gasteiger partial charge >= 0.3 is 5.97 Å². The van der Waals surface area contributed by atoms with Crippen LogP contribution in [-0.2, 0) is 29.1 Å². The number of nitrogens with zero attached hydrogens (tertiary/aromatic N) is 1. The summed E-state index contributed by atoms with van der Waals surface area (Å²) >= 11 is 5.80. The van der Waals surface area contributed by atoms with Crippen molar-refractivity contribution >= 4 is 50.8 Å². The smallest absolute Gasteiger partial charge is 0.307 e. The lowest BCUT2D eigenvalue weighted by Gasteiger charge is -2.30. The van der Waals surface area contributed by atoms with Crippen LogP contribution in [0.2, 0.25) is 5.02 Å². The Morgan fingerprint density at radius 2 is 1.97 bits per heavy atom. The first-order valence-electron chi connectivity index (χ1n) is 9.32. The van der Waals surface area contributed by atoms with Crippen LogP contribution in [0.1, 0.15) is 13.3 Å². The Balaban J connectivity index is 1.55. The maximum atomic E-state index is 12.7. The molecule has 2 amide bonds. The second kappa shape index (κ2) is 9.46. The minimum atomic E-state index is -3.84. The molecule has 0 aliphatic carbocycles. The number of para-hydroxylation sites is 2. The van der Waals surface area contributed by atoms with Crippen molar-refractivity contribution in [1.82, 2.24) is 4.72 Å². The standard InChI is InChI=1S/C20H20ClN3O6S/c1-13(20(27)24-12-18(25)23-16-7-2-3-8-17(16)24)30-19(26)9-10-22-31(28,29)15-6-4-5-14(21)11-15/h2-8,11,13,22H,9-10,12H2,1H3,(H,23,25)/t13-/m1/s1. The highest BCUT2D eigenvalue weighted by atomic mass is 35.5. The third-order valence-electron chi connectivity index (χ3n) is 4.42. The van der Waals surface area contributed by atoms with E-state index in [1.807, 2.05) is 0 Å². The largest absolute Gasteiger partial charge is 0.452 e. The molecule has 164 valence electrons. The van der Waals surface area contributed by atoms with E-state index in [1.54, 1.807) is 30.3 Å². The zero-order valence-electron chi connectivity index (χ0n) is 16.5. The number of carbonyl (C=O) groups is 3. The normalized spacial score (nSPS) is 14.4. The summed E-state index contributed by atoms with van der Waals surface area (Å²) in [6.07, 6.45) is -1.44. The van der Waals surface area contributed by atoms with E-state index in [-0.39, 0.29) is 35.3 Å². The molecular formula is C20H20ClN3O6S. The average molecular weight is 466 g/mol. The molecule has 0 radical (unpaired) electrons. The van der Waals surface area contributed by atoms with Gasteiger partial charge in [-0.25, -0.2) is 13.1 Å². The molecule has 11 heteroatoms. The van der Waals surface area contributed by atoms with Crippen molar-refractivity contribution in [3.05, 3.63) is 53.6 Å². The van der Waals surface area contributed by atoms with Crippen molar-refractivity contribution in [3.8, 4) is 0 Å². The zero-order chi connectivity index (χ0) is 22.6. The SMILES string of the molecule is C[C@@H](OC(=O)CCNS(=O)(=O)c1cccc(Cl)c1)C(=O)N1CC(=O)Nc2ccccc21. The summed E-state index contributed by atoms with van der Waals surface area (Å²) in [5, 5.41) is 2.94. The molecule has 0 bridgehead atoms. The van der Waals surface area contributed by atoms with E-state index in [1.165, 1.54) is 30.0 Å². The topological polar surface area (TPSA) is 122 Å². The predicted molar refractivity (Wildman–Crippen MR) is 114 cm³/mol. The lowest BCUT2D eigenvalue weighted by Crippen LogP contribution is -2.47. The number of hydrogen-bond acceptors (Lipinski definition) is 6. The Hall–Kier alpha value is -2.95.